The van der Waals surface area contributed by atoms with Crippen LogP contribution in [0.5, 0.6) is 0 Å². The van der Waals surface area contributed by atoms with Crippen LogP contribution in [0.25, 0.3) is 0 Å². The third kappa shape index (κ3) is 15.0. The Morgan fingerprint density at radius 2 is 1.77 bits per heavy atom. The van der Waals surface area contributed by atoms with Gasteiger partial charge in [0.15, 0.2) is 0 Å². The molecule has 4 nitrogen and oxygen atoms in total. The maximum Gasteiger partial charge on any atom is 0.327 e. The number of carbonyl (C=O) groups is 1. The monoisotopic (exact) mass is 310 g/mol. The molecular weight excluding hydrogens is 280 g/mol. The molecule has 0 aromatic carbocycles. The molecule has 0 aromatic heterocycles. The van der Waals surface area contributed by atoms with E-state index in [4.69, 9.17) is 10.4 Å². The van der Waals surface area contributed by atoms with E-state index in [1.807, 2.05) is 18.2 Å². The first-order valence-corrected chi connectivity index (χ1v) is 8.23. The van der Waals surface area contributed by atoms with E-state index in [-0.39, 0.29) is 6.10 Å². The number of allylic oxidation sites excluding steroid dienone is 4. The van der Waals surface area contributed by atoms with Gasteiger partial charge >= 0.3 is 5.97 Å². The van der Waals surface area contributed by atoms with Gasteiger partial charge in [-0.2, -0.15) is 0 Å². The van der Waals surface area contributed by atoms with E-state index < -0.39 is 5.97 Å². The van der Waals surface area contributed by atoms with Gasteiger partial charge in [0.1, 0.15) is 6.10 Å². The molecule has 0 radical (unpaired) electrons. The van der Waals surface area contributed by atoms with Crippen LogP contribution in [0, 0.1) is 0 Å². The molecule has 0 saturated carbocycles. The van der Waals surface area contributed by atoms with Gasteiger partial charge in [0.2, 0.25) is 0 Å². The average molecular weight is 310 g/mol. The van der Waals surface area contributed by atoms with Crippen molar-refractivity contribution in [1.29, 1.82) is 0 Å². The van der Waals surface area contributed by atoms with E-state index in [0.29, 0.717) is 0 Å². The van der Waals surface area contributed by atoms with Crippen molar-refractivity contribution in [3.8, 4) is 0 Å². The lowest BCUT2D eigenvalue weighted by molar-refractivity contribution is -0.267. The molecule has 0 saturated heterocycles. The second-order valence-corrected chi connectivity index (χ2v) is 5.33. The van der Waals surface area contributed by atoms with Crippen LogP contribution in [0.1, 0.15) is 64.7 Å². The Hall–Kier alpha value is -1.39. The van der Waals surface area contributed by atoms with Crippen LogP contribution in [-0.2, 0) is 9.68 Å². The zero-order valence-corrected chi connectivity index (χ0v) is 13.6. The molecule has 4 heteroatoms. The SMILES string of the molecule is CCCCC[C@@H](/C=C/C=C\CCCCCC=CC(=O)O)OO. The normalized spacial score (nSPS) is 13.5. The van der Waals surface area contributed by atoms with E-state index in [9.17, 15) is 4.79 Å². The quantitative estimate of drug-likeness (QED) is 0.153. The van der Waals surface area contributed by atoms with Crippen LogP contribution in [0.2, 0.25) is 0 Å². The average Bonchev–Trinajstić information content (AvgIpc) is 2.50. The summed E-state index contributed by atoms with van der Waals surface area (Å²) in [6, 6.07) is 0. The fraction of sp³-hybridized carbons (Fsp3) is 0.611. The summed E-state index contributed by atoms with van der Waals surface area (Å²) in [4.78, 5) is 14.7. The molecule has 2 N–H and O–H groups in total. The molecule has 126 valence electrons. The van der Waals surface area contributed by atoms with Crippen molar-refractivity contribution in [2.45, 2.75) is 70.8 Å². The Balaban J connectivity index is 3.59. The minimum atomic E-state index is -0.880. The minimum Gasteiger partial charge on any atom is -0.478 e. The second kappa shape index (κ2) is 16.0. The summed E-state index contributed by atoms with van der Waals surface area (Å²) in [6.07, 6.45) is 19.8. The van der Waals surface area contributed by atoms with Gasteiger partial charge in [-0.15, -0.1) is 0 Å². The van der Waals surface area contributed by atoms with E-state index in [2.05, 4.69) is 17.9 Å². The lowest BCUT2D eigenvalue weighted by atomic mass is 10.1. The van der Waals surface area contributed by atoms with Crippen LogP contribution in [0.3, 0.4) is 0 Å². The molecule has 22 heavy (non-hydrogen) atoms. The predicted molar refractivity (Wildman–Crippen MR) is 89.8 cm³/mol. The summed E-state index contributed by atoms with van der Waals surface area (Å²) >= 11 is 0. The summed E-state index contributed by atoms with van der Waals surface area (Å²) in [5.74, 6) is -0.880. The molecule has 1 atom stereocenters. The van der Waals surface area contributed by atoms with Gasteiger partial charge in [0.25, 0.3) is 0 Å². The van der Waals surface area contributed by atoms with Crippen molar-refractivity contribution >= 4 is 5.97 Å². The highest BCUT2D eigenvalue weighted by atomic mass is 17.1. The Labute approximate surface area is 134 Å². The number of unbranched alkanes of at least 4 members (excludes halogenated alkanes) is 6. The Bertz CT molecular complexity index is 345. The van der Waals surface area contributed by atoms with Gasteiger partial charge in [-0.05, 0) is 32.1 Å². The molecule has 0 heterocycles. The first-order chi connectivity index (χ1) is 10.7. The molecule has 0 aromatic rings. The van der Waals surface area contributed by atoms with Gasteiger partial charge in [-0.3, -0.25) is 5.26 Å². The number of carboxylic acids is 1. The van der Waals surface area contributed by atoms with Crippen LogP contribution in [-0.4, -0.2) is 22.4 Å². The molecule has 0 amide bonds. The Morgan fingerprint density at radius 3 is 2.41 bits per heavy atom. The first kappa shape index (κ1) is 20.6. The topological polar surface area (TPSA) is 66.8 Å². The molecule has 0 rings (SSSR count). The second-order valence-electron chi connectivity index (χ2n) is 5.33. The van der Waals surface area contributed by atoms with Crippen molar-refractivity contribution in [1.82, 2.24) is 0 Å². The molecule has 0 aliphatic rings. The van der Waals surface area contributed by atoms with Crippen molar-refractivity contribution in [2.24, 2.45) is 0 Å². The smallest absolute Gasteiger partial charge is 0.327 e. The van der Waals surface area contributed by atoms with Crippen molar-refractivity contribution in [3.05, 3.63) is 36.5 Å². The van der Waals surface area contributed by atoms with Crippen LogP contribution in [0.4, 0.5) is 0 Å². The van der Waals surface area contributed by atoms with Gasteiger partial charge < -0.3 is 5.11 Å². The fourth-order valence-corrected chi connectivity index (χ4v) is 2.03. The third-order valence-corrected chi connectivity index (χ3v) is 3.30. The summed E-state index contributed by atoms with van der Waals surface area (Å²) < 4.78 is 0. The summed E-state index contributed by atoms with van der Waals surface area (Å²) in [6.45, 7) is 2.15. The number of carboxylic acid groups (broad SMARTS) is 1. The van der Waals surface area contributed by atoms with Gasteiger partial charge in [0.05, 0.1) is 0 Å². The number of aliphatic carboxylic acids is 1. The van der Waals surface area contributed by atoms with Gasteiger partial charge in [0, 0.05) is 6.08 Å². The highest BCUT2D eigenvalue weighted by molar-refractivity contribution is 5.79. The molecule has 0 fully saturated rings. The van der Waals surface area contributed by atoms with Crippen LogP contribution < -0.4 is 0 Å². The van der Waals surface area contributed by atoms with Crippen LogP contribution in [0.15, 0.2) is 36.5 Å². The standard InChI is InChI=1S/C18H30O4/c1-2-3-11-14-17(22-21)15-12-9-7-5-4-6-8-10-13-16-18(19)20/h7,9,12-13,15-17,21H,2-6,8,10-11,14H2,1H3,(H,19,20)/b9-7-,15-12+,16-13?/t17-/m0/s1. The van der Waals surface area contributed by atoms with E-state index in [1.165, 1.54) is 6.08 Å². The predicted octanol–water partition coefficient (Wildman–Crippen LogP) is 5.13. The van der Waals surface area contributed by atoms with Gasteiger partial charge in [-0.1, -0.05) is 63.0 Å². The van der Waals surface area contributed by atoms with Gasteiger partial charge in [-0.25, -0.2) is 9.68 Å². The molecule has 0 unspecified atom stereocenters. The third-order valence-electron chi connectivity index (χ3n) is 3.30. The van der Waals surface area contributed by atoms with E-state index in [0.717, 1.165) is 57.8 Å². The summed E-state index contributed by atoms with van der Waals surface area (Å²) in [5.41, 5.74) is 0. The number of rotatable bonds is 14. The summed E-state index contributed by atoms with van der Waals surface area (Å²) in [5, 5.41) is 17.2. The van der Waals surface area contributed by atoms with Crippen molar-refractivity contribution in [3.63, 3.8) is 0 Å². The minimum absolute atomic E-state index is 0.211. The molecule has 0 aliphatic carbocycles. The maximum absolute atomic E-state index is 10.3. The number of hydrogen-bond acceptors (Lipinski definition) is 3. The first-order valence-electron chi connectivity index (χ1n) is 8.23. The van der Waals surface area contributed by atoms with E-state index in [1.54, 1.807) is 6.08 Å². The number of hydrogen-bond donors (Lipinski definition) is 2. The molecular formula is C18H30O4. The van der Waals surface area contributed by atoms with E-state index >= 15 is 0 Å². The zero-order chi connectivity index (χ0) is 16.5. The Kier molecular flexibility index (Phi) is 15.0. The zero-order valence-electron chi connectivity index (χ0n) is 13.6. The fourth-order valence-electron chi connectivity index (χ4n) is 2.03. The van der Waals surface area contributed by atoms with Crippen LogP contribution >= 0.6 is 0 Å². The highest BCUT2D eigenvalue weighted by Crippen LogP contribution is 2.08. The maximum atomic E-state index is 10.3. The molecule has 0 aliphatic heterocycles. The highest BCUT2D eigenvalue weighted by Gasteiger charge is 2.02. The lowest BCUT2D eigenvalue weighted by Crippen LogP contribution is -2.06. The lowest BCUT2D eigenvalue weighted by Gasteiger charge is -2.07. The molecule has 0 spiro atoms. The molecule has 0 bridgehead atoms. The summed E-state index contributed by atoms with van der Waals surface area (Å²) in [7, 11) is 0. The largest absolute Gasteiger partial charge is 0.478 e. The van der Waals surface area contributed by atoms with Crippen molar-refractivity contribution < 1.29 is 20.0 Å². The van der Waals surface area contributed by atoms with Crippen molar-refractivity contribution in [2.75, 3.05) is 0 Å². The Morgan fingerprint density at radius 1 is 1.05 bits per heavy atom.